The SMILES string of the molecule is CCCCC(=O)N[C@H](c1ccc(C(C)C)cc1)c1cc([N+](=O)[O-])c2cccnc2c1O. The van der Waals surface area contributed by atoms with Gasteiger partial charge in [0.2, 0.25) is 5.91 Å². The van der Waals surface area contributed by atoms with E-state index in [0.29, 0.717) is 12.3 Å². The van der Waals surface area contributed by atoms with Crippen LogP contribution in [0.1, 0.15) is 68.7 Å². The number of nitrogens with zero attached hydrogens (tertiary/aromatic N) is 2. The lowest BCUT2D eigenvalue weighted by Gasteiger charge is -2.22. The first-order valence-corrected chi connectivity index (χ1v) is 10.5. The van der Waals surface area contributed by atoms with Crippen LogP contribution in [0.4, 0.5) is 5.69 Å². The first kappa shape index (κ1) is 22.2. The molecule has 1 aromatic heterocycles. The fraction of sp³-hybridized carbons (Fsp3) is 0.333. The van der Waals surface area contributed by atoms with Crippen LogP contribution in [0.5, 0.6) is 5.75 Å². The van der Waals surface area contributed by atoms with Gasteiger partial charge in [-0.05, 0) is 35.6 Å². The van der Waals surface area contributed by atoms with Crippen molar-refractivity contribution in [2.45, 2.75) is 52.0 Å². The number of phenols is 1. The summed E-state index contributed by atoms with van der Waals surface area (Å²) in [5, 5.41) is 25.9. The number of carbonyl (C=O) groups is 1. The summed E-state index contributed by atoms with van der Waals surface area (Å²) in [4.78, 5) is 28.0. The van der Waals surface area contributed by atoms with Gasteiger partial charge in [-0.25, -0.2) is 0 Å². The van der Waals surface area contributed by atoms with Crippen molar-refractivity contribution >= 4 is 22.5 Å². The van der Waals surface area contributed by atoms with Gasteiger partial charge in [-0.15, -0.1) is 0 Å². The lowest BCUT2D eigenvalue weighted by Crippen LogP contribution is -2.29. The van der Waals surface area contributed by atoms with Gasteiger partial charge in [0.25, 0.3) is 5.69 Å². The van der Waals surface area contributed by atoms with Crippen molar-refractivity contribution in [1.29, 1.82) is 0 Å². The number of carbonyl (C=O) groups excluding carboxylic acids is 1. The van der Waals surface area contributed by atoms with Crippen molar-refractivity contribution in [1.82, 2.24) is 10.3 Å². The Morgan fingerprint density at radius 2 is 1.87 bits per heavy atom. The van der Waals surface area contributed by atoms with Gasteiger partial charge in [-0.2, -0.15) is 0 Å². The van der Waals surface area contributed by atoms with E-state index in [0.717, 1.165) is 24.0 Å². The minimum absolute atomic E-state index is 0.137. The third-order valence-electron chi connectivity index (χ3n) is 5.38. The zero-order valence-corrected chi connectivity index (χ0v) is 18.0. The summed E-state index contributed by atoms with van der Waals surface area (Å²) in [7, 11) is 0. The van der Waals surface area contributed by atoms with Gasteiger partial charge in [-0.3, -0.25) is 19.9 Å². The standard InChI is InChI=1S/C24H27N3O4/c1-4-5-8-21(28)26-22(17-11-9-16(10-12-17)15(2)3)19-14-20(27(30)31)18-7-6-13-25-23(18)24(19)29/h6-7,9-15,22,29H,4-5,8H2,1-3H3,(H,26,28)/t22-/m1/s1. The third-order valence-corrected chi connectivity index (χ3v) is 5.38. The summed E-state index contributed by atoms with van der Waals surface area (Å²) in [6, 6.07) is 11.4. The fourth-order valence-electron chi connectivity index (χ4n) is 3.59. The summed E-state index contributed by atoms with van der Waals surface area (Å²) < 4.78 is 0. The highest BCUT2D eigenvalue weighted by molar-refractivity contribution is 5.94. The monoisotopic (exact) mass is 421 g/mol. The highest BCUT2D eigenvalue weighted by atomic mass is 16.6. The van der Waals surface area contributed by atoms with E-state index in [2.05, 4.69) is 24.1 Å². The number of non-ortho nitro benzene ring substituents is 1. The van der Waals surface area contributed by atoms with E-state index in [1.165, 1.54) is 12.3 Å². The van der Waals surface area contributed by atoms with E-state index in [1.54, 1.807) is 12.1 Å². The number of hydrogen-bond acceptors (Lipinski definition) is 5. The topological polar surface area (TPSA) is 105 Å². The fourth-order valence-corrected chi connectivity index (χ4v) is 3.59. The second-order valence-electron chi connectivity index (χ2n) is 7.92. The summed E-state index contributed by atoms with van der Waals surface area (Å²) in [6.07, 6.45) is 3.42. The zero-order chi connectivity index (χ0) is 22.5. The molecule has 0 spiro atoms. The quantitative estimate of drug-likeness (QED) is 0.376. The van der Waals surface area contributed by atoms with Crippen LogP contribution in [0.2, 0.25) is 0 Å². The van der Waals surface area contributed by atoms with Crippen LogP contribution in [0.15, 0.2) is 48.7 Å². The van der Waals surface area contributed by atoms with E-state index < -0.39 is 11.0 Å². The average Bonchev–Trinajstić information content (AvgIpc) is 2.76. The minimum atomic E-state index is -0.740. The molecule has 0 unspecified atom stereocenters. The van der Waals surface area contributed by atoms with Gasteiger partial charge in [0.05, 0.1) is 16.4 Å². The lowest BCUT2D eigenvalue weighted by atomic mass is 9.93. The van der Waals surface area contributed by atoms with Crippen molar-refractivity contribution in [3.05, 3.63) is 75.5 Å². The molecule has 0 radical (unpaired) electrons. The third kappa shape index (κ3) is 4.82. The Bertz CT molecular complexity index is 1090. The summed E-state index contributed by atoms with van der Waals surface area (Å²) >= 11 is 0. The van der Waals surface area contributed by atoms with Crippen molar-refractivity contribution in [3.63, 3.8) is 0 Å². The number of fused-ring (bicyclic) bond motifs is 1. The second-order valence-corrected chi connectivity index (χ2v) is 7.92. The number of aromatic nitrogens is 1. The predicted octanol–water partition coefficient (Wildman–Crippen LogP) is 5.37. The first-order chi connectivity index (χ1) is 14.8. The van der Waals surface area contributed by atoms with E-state index in [4.69, 9.17) is 0 Å². The van der Waals surface area contributed by atoms with Gasteiger partial charge in [-0.1, -0.05) is 51.5 Å². The molecule has 0 aliphatic carbocycles. The second kappa shape index (κ2) is 9.55. The molecule has 1 atom stereocenters. The van der Waals surface area contributed by atoms with Crippen molar-refractivity contribution < 1.29 is 14.8 Å². The van der Waals surface area contributed by atoms with Crippen molar-refractivity contribution in [3.8, 4) is 5.75 Å². The van der Waals surface area contributed by atoms with Crippen LogP contribution in [0.3, 0.4) is 0 Å². The molecule has 3 aromatic rings. The molecular formula is C24H27N3O4. The van der Waals surface area contributed by atoms with Gasteiger partial charge >= 0.3 is 0 Å². The predicted molar refractivity (Wildman–Crippen MR) is 120 cm³/mol. The number of amides is 1. The largest absolute Gasteiger partial charge is 0.505 e. The van der Waals surface area contributed by atoms with Crippen LogP contribution in [0.25, 0.3) is 10.9 Å². The zero-order valence-electron chi connectivity index (χ0n) is 18.0. The maximum atomic E-state index is 12.6. The smallest absolute Gasteiger partial charge is 0.279 e. The molecule has 2 aromatic carbocycles. The highest BCUT2D eigenvalue weighted by Gasteiger charge is 2.27. The van der Waals surface area contributed by atoms with Gasteiger partial charge in [0.1, 0.15) is 11.3 Å². The molecule has 31 heavy (non-hydrogen) atoms. The number of rotatable bonds is 8. The van der Waals surface area contributed by atoms with Crippen LogP contribution in [-0.2, 0) is 4.79 Å². The maximum absolute atomic E-state index is 12.6. The number of pyridine rings is 1. The van der Waals surface area contributed by atoms with Crippen molar-refractivity contribution in [2.24, 2.45) is 0 Å². The molecule has 0 bridgehead atoms. The number of nitrogens with one attached hydrogen (secondary N) is 1. The molecule has 0 saturated carbocycles. The van der Waals surface area contributed by atoms with E-state index >= 15 is 0 Å². The molecule has 0 fully saturated rings. The van der Waals surface area contributed by atoms with E-state index in [1.807, 2.05) is 31.2 Å². The van der Waals surface area contributed by atoms with Gasteiger partial charge in [0, 0.05) is 24.2 Å². The Morgan fingerprint density at radius 1 is 1.19 bits per heavy atom. The highest BCUT2D eigenvalue weighted by Crippen LogP contribution is 2.39. The summed E-state index contributed by atoms with van der Waals surface area (Å²) in [5.74, 6) is -0.0103. The maximum Gasteiger partial charge on any atom is 0.279 e. The number of aromatic hydroxyl groups is 1. The normalized spacial score (nSPS) is 12.1. The van der Waals surface area contributed by atoms with E-state index in [-0.39, 0.29) is 33.8 Å². The Hall–Kier alpha value is -3.48. The lowest BCUT2D eigenvalue weighted by molar-refractivity contribution is -0.383. The molecule has 1 heterocycles. The molecule has 7 heteroatoms. The number of nitro groups is 1. The van der Waals surface area contributed by atoms with Gasteiger partial charge < -0.3 is 10.4 Å². The van der Waals surface area contributed by atoms with E-state index in [9.17, 15) is 20.0 Å². The Balaban J connectivity index is 2.16. The average molecular weight is 421 g/mol. The molecule has 0 aliphatic heterocycles. The Kier molecular flexibility index (Phi) is 6.84. The number of benzene rings is 2. The van der Waals surface area contributed by atoms with Crippen molar-refractivity contribution in [2.75, 3.05) is 0 Å². The first-order valence-electron chi connectivity index (χ1n) is 10.5. The van der Waals surface area contributed by atoms with Crippen LogP contribution >= 0.6 is 0 Å². The van der Waals surface area contributed by atoms with Crippen LogP contribution < -0.4 is 5.32 Å². The molecule has 0 aliphatic rings. The minimum Gasteiger partial charge on any atom is -0.505 e. The molecule has 3 rings (SSSR count). The molecule has 7 nitrogen and oxygen atoms in total. The molecule has 162 valence electrons. The Morgan fingerprint density at radius 3 is 2.48 bits per heavy atom. The molecule has 2 N–H and O–H groups in total. The number of hydrogen-bond donors (Lipinski definition) is 2. The molecular weight excluding hydrogens is 394 g/mol. The van der Waals surface area contributed by atoms with Crippen LogP contribution in [-0.4, -0.2) is 20.9 Å². The number of unbranched alkanes of at least 4 members (excludes halogenated alkanes) is 1. The number of nitro benzene ring substituents is 1. The number of phenolic OH excluding ortho intramolecular Hbond substituents is 1. The molecule has 0 saturated heterocycles. The van der Waals surface area contributed by atoms with Gasteiger partial charge in [0.15, 0.2) is 0 Å². The molecule has 1 amide bonds. The summed E-state index contributed by atoms with van der Waals surface area (Å²) in [6.45, 7) is 6.17. The van der Waals surface area contributed by atoms with Crippen LogP contribution in [0, 0.1) is 10.1 Å². The Labute approximate surface area is 181 Å². The summed E-state index contributed by atoms with van der Waals surface area (Å²) in [5.41, 5.74) is 2.09.